The average Bonchev–Trinajstić information content (AvgIpc) is 3.02. The van der Waals surface area contributed by atoms with Crippen LogP contribution in [0.5, 0.6) is 0 Å². The summed E-state index contributed by atoms with van der Waals surface area (Å²) in [6.45, 7) is 5.98. The molecule has 22 heavy (non-hydrogen) atoms. The number of nitrogens with zero attached hydrogens (tertiary/aromatic N) is 3. The van der Waals surface area contributed by atoms with Crippen LogP contribution in [0.25, 0.3) is 0 Å². The molecule has 0 aliphatic heterocycles. The maximum atomic E-state index is 11.9. The molecule has 2 aromatic rings. The molecule has 2 heterocycles. The number of hydrogen-bond donors (Lipinski definition) is 2. The van der Waals surface area contributed by atoms with Crippen molar-refractivity contribution >= 4 is 29.7 Å². The first-order chi connectivity index (χ1) is 10.1. The van der Waals surface area contributed by atoms with Gasteiger partial charge in [0.2, 0.25) is 0 Å². The minimum atomic E-state index is -0.122. The van der Waals surface area contributed by atoms with Gasteiger partial charge in [0, 0.05) is 30.6 Å². The lowest BCUT2D eigenvalue weighted by Gasteiger charge is -2.05. The van der Waals surface area contributed by atoms with Crippen molar-refractivity contribution in [2.75, 3.05) is 13.1 Å². The first-order valence-electron chi connectivity index (χ1n) is 7.04. The lowest BCUT2D eigenvalue weighted by Crippen LogP contribution is -2.25. The van der Waals surface area contributed by atoms with E-state index in [1.54, 1.807) is 5.38 Å². The molecule has 2 aromatic heterocycles. The minimum Gasteiger partial charge on any atom is -0.351 e. The van der Waals surface area contributed by atoms with Crippen LogP contribution in [0.2, 0.25) is 0 Å². The zero-order valence-electron chi connectivity index (χ0n) is 12.8. The van der Waals surface area contributed by atoms with Crippen LogP contribution in [0.4, 0.5) is 0 Å². The van der Waals surface area contributed by atoms with Crippen LogP contribution in [-0.4, -0.2) is 33.8 Å². The molecule has 0 atom stereocenters. The van der Waals surface area contributed by atoms with Crippen molar-refractivity contribution < 1.29 is 4.79 Å². The Kier molecular flexibility index (Phi) is 7.50. The van der Waals surface area contributed by atoms with E-state index < -0.39 is 0 Å². The summed E-state index contributed by atoms with van der Waals surface area (Å²) in [5, 5.41) is 9.96. The summed E-state index contributed by atoms with van der Waals surface area (Å²) in [6.07, 6.45) is 1.56. The highest BCUT2D eigenvalue weighted by Gasteiger charge is 2.09. The number of thiazole rings is 1. The van der Waals surface area contributed by atoms with E-state index >= 15 is 0 Å². The average molecular weight is 344 g/mol. The van der Waals surface area contributed by atoms with E-state index in [-0.39, 0.29) is 18.3 Å². The zero-order chi connectivity index (χ0) is 15.2. The summed E-state index contributed by atoms with van der Waals surface area (Å²) in [5.74, 6) is -0.122. The number of amides is 1. The van der Waals surface area contributed by atoms with E-state index in [4.69, 9.17) is 5.73 Å². The number of hydrogen-bond acceptors (Lipinski definition) is 5. The molecular formula is C14H22ClN5OS. The second kappa shape index (κ2) is 8.87. The molecule has 0 unspecified atom stereocenters. The Hall–Kier alpha value is -1.44. The number of aromatic nitrogens is 3. The molecule has 0 radical (unpaired) electrons. The van der Waals surface area contributed by atoms with Gasteiger partial charge in [-0.25, -0.2) is 4.98 Å². The molecule has 3 N–H and O–H groups in total. The van der Waals surface area contributed by atoms with Gasteiger partial charge in [-0.3, -0.25) is 9.48 Å². The molecular weight excluding hydrogens is 322 g/mol. The molecule has 0 spiro atoms. The van der Waals surface area contributed by atoms with Gasteiger partial charge in [-0.05, 0) is 32.9 Å². The number of rotatable bonds is 7. The van der Waals surface area contributed by atoms with Crippen molar-refractivity contribution in [3.05, 3.63) is 33.5 Å². The summed E-state index contributed by atoms with van der Waals surface area (Å²) in [5.41, 5.74) is 8.12. The number of nitrogens with two attached hydrogens (primary N) is 1. The number of carbonyl (C=O) groups excluding carboxylic acids is 1. The Labute approximate surface area is 140 Å². The molecule has 0 bridgehead atoms. The highest BCUT2D eigenvalue weighted by atomic mass is 35.5. The van der Waals surface area contributed by atoms with Gasteiger partial charge in [0.15, 0.2) is 0 Å². The SMILES string of the molecule is Cc1cc(C)n(CCCNC(=O)c2csc(CCN)n2)n1.Cl. The van der Waals surface area contributed by atoms with Crippen LogP contribution in [-0.2, 0) is 13.0 Å². The van der Waals surface area contributed by atoms with Crippen molar-refractivity contribution in [1.29, 1.82) is 0 Å². The maximum Gasteiger partial charge on any atom is 0.270 e. The Morgan fingerprint density at radius 3 is 2.86 bits per heavy atom. The molecule has 0 saturated heterocycles. The monoisotopic (exact) mass is 343 g/mol. The van der Waals surface area contributed by atoms with Crippen LogP contribution in [0.3, 0.4) is 0 Å². The molecule has 0 aromatic carbocycles. The lowest BCUT2D eigenvalue weighted by molar-refractivity contribution is 0.0948. The molecule has 0 saturated carbocycles. The normalized spacial score (nSPS) is 10.3. The second-order valence-corrected chi connectivity index (χ2v) is 5.87. The van der Waals surface area contributed by atoms with Crippen LogP contribution in [0.15, 0.2) is 11.4 Å². The summed E-state index contributed by atoms with van der Waals surface area (Å²) >= 11 is 1.48. The first-order valence-corrected chi connectivity index (χ1v) is 7.92. The molecule has 6 nitrogen and oxygen atoms in total. The predicted octanol–water partition coefficient (Wildman–Crippen LogP) is 1.70. The van der Waals surface area contributed by atoms with Crippen LogP contribution in [0.1, 0.15) is 33.3 Å². The second-order valence-electron chi connectivity index (χ2n) is 4.92. The fourth-order valence-corrected chi connectivity index (χ4v) is 2.87. The van der Waals surface area contributed by atoms with Gasteiger partial charge in [0.25, 0.3) is 5.91 Å². The van der Waals surface area contributed by atoms with Crippen molar-refractivity contribution in [3.63, 3.8) is 0 Å². The number of carbonyl (C=O) groups is 1. The van der Waals surface area contributed by atoms with E-state index in [9.17, 15) is 4.79 Å². The smallest absolute Gasteiger partial charge is 0.270 e. The Morgan fingerprint density at radius 1 is 1.45 bits per heavy atom. The third-order valence-corrected chi connectivity index (χ3v) is 3.99. The number of aryl methyl sites for hydroxylation is 3. The topological polar surface area (TPSA) is 85.8 Å². The first kappa shape index (κ1) is 18.6. The summed E-state index contributed by atoms with van der Waals surface area (Å²) in [4.78, 5) is 16.2. The minimum absolute atomic E-state index is 0. The highest BCUT2D eigenvalue weighted by molar-refractivity contribution is 7.09. The van der Waals surface area contributed by atoms with E-state index in [0.29, 0.717) is 18.8 Å². The van der Waals surface area contributed by atoms with Gasteiger partial charge in [0.1, 0.15) is 5.69 Å². The van der Waals surface area contributed by atoms with Crippen LogP contribution < -0.4 is 11.1 Å². The summed E-state index contributed by atoms with van der Waals surface area (Å²) in [6, 6.07) is 2.05. The number of nitrogens with one attached hydrogen (secondary N) is 1. The molecule has 122 valence electrons. The van der Waals surface area contributed by atoms with E-state index in [2.05, 4.69) is 15.4 Å². The standard InChI is InChI=1S/C14H21N5OS.ClH/c1-10-8-11(2)19(18-10)7-3-6-16-14(20)12-9-21-13(17-12)4-5-15;/h8-9H,3-7,15H2,1-2H3,(H,16,20);1H. The van der Waals surface area contributed by atoms with Crippen molar-refractivity contribution in [3.8, 4) is 0 Å². The van der Waals surface area contributed by atoms with Gasteiger partial charge >= 0.3 is 0 Å². The molecule has 0 aliphatic carbocycles. The summed E-state index contributed by atoms with van der Waals surface area (Å²) in [7, 11) is 0. The van der Waals surface area contributed by atoms with E-state index in [1.165, 1.54) is 11.3 Å². The zero-order valence-corrected chi connectivity index (χ0v) is 14.5. The lowest BCUT2D eigenvalue weighted by atomic mass is 10.3. The van der Waals surface area contributed by atoms with Crippen LogP contribution >= 0.6 is 23.7 Å². The van der Waals surface area contributed by atoms with Gasteiger partial charge in [-0.15, -0.1) is 23.7 Å². The van der Waals surface area contributed by atoms with Gasteiger partial charge in [0.05, 0.1) is 10.7 Å². The van der Waals surface area contributed by atoms with E-state index in [0.717, 1.165) is 35.8 Å². The quantitative estimate of drug-likeness (QED) is 0.749. The van der Waals surface area contributed by atoms with Crippen molar-refractivity contribution in [1.82, 2.24) is 20.1 Å². The van der Waals surface area contributed by atoms with Crippen molar-refractivity contribution in [2.24, 2.45) is 5.73 Å². The van der Waals surface area contributed by atoms with Crippen molar-refractivity contribution in [2.45, 2.75) is 33.2 Å². The fraction of sp³-hybridized carbons (Fsp3) is 0.500. The molecule has 1 amide bonds. The summed E-state index contributed by atoms with van der Waals surface area (Å²) < 4.78 is 1.96. The van der Waals surface area contributed by atoms with Gasteiger partial charge < -0.3 is 11.1 Å². The fourth-order valence-electron chi connectivity index (χ4n) is 2.08. The highest BCUT2D eigenvalue weighted by Crippen LogP contribution is 2.09. The Bertz CT molecular complexity index is 610. The third kappa shape index (κ3) is 5.08. The molecule has 2 rings (SSSR count). The molecule has 0 fully saturated rings. The Morgan fingerprint density at radius 2 is 2.23 bits per heavy atom. The molecule has 0 aliphatic rings. The molecule has 8 heteroatoms. The third-order valence-electron chi connectivity index (χ3n) is 3.08. The largest absolute Gasteiger partial charge is 0.351 e. The van der Waals surface area contributed by atoms with Crippen LogP contribution in [0, 0.1) is 13.8 Å². The van der Waals surface area contributed by atoms with E-state index in [1.807, 2.05) is 24.6 Å². The van der Waals surface area contributed by atoms with Gasteiger partial charge in [-0.1, -0.05) is 0 Å². The Balaban J connectivity index is 0.00000242. The van der Waals surface area contributed by atoms with Gasteiger partial charge in [-0.2, -0.15) is 5.10 Å². The number of halogens is 1. The maximum absolute atomic E-state index is 11.9. The predicted molar refractivity (Wildman–Crippen MR) is 90.8 cm³/mol.